The second-order valence-electron chi connectivity index (χ2n) is 4.50. The van der Waals surface area contributed by atoms with Gasteiger partial charge in [0, 0.05) is 25.7 Å². The van der Waals surface area contributed by atoms with Crippen molar-refractivity contribution >= 4 is 11.6 Å². The number of anilines is 2. The van der Waals surface area contributed by atoms with Crippen molar-refractivity contribution in [3.05, 3.63) is 12.4 Å². The van der Waals surface area contributed by atoms with Gasteiger partial charge in [-0.1, -0.05) is 0 Å². The van der Waals surface area contributed by atoms with Crippen LogP contribution in [-0.4, -0.2) is 29.6 Å². The van der Waals surface area contributed by atoms with E-state index in [1.54, 1.807) is 6.33 Å². The summed E-state index contributed by atoms with van der Waals surface area (Å²) >= 11 is 0. The predicted molar refractivity (Wildman–Crippen MR) is 60.1 cm³/mol. The van der Waals surface area contributed by atoms with Gasteiger partial charge in [-0.15, -0.1) is 0 Å². The van der Waals surface area contributed by atoms with Gasteiger partial charge in [0.1, 0.15) is 18.0 Å². The monoisotopic (exact) mass is 204 g/mol. The average molecular weight is 204 g/mol. The van der Waals surface area contributed by atoms with Crippen LogP contribution in [-0.2, 0) is 0 Å². The van der Waals surface area contributed by atoms with Crippen LogP contribution < -0.4 is 10.2 Å². The molecule has 2 atom stereocenters. The van der Waals surface area contributed by atoms with E-state index >= 15 is 0 Å². The van der Waals surface area contributed by atoms with E-state index < -0.39 is 0 Å². The van der Waals surface area contributed by atoms with E-state index in [1.165, 1.54) is 25.8 Å². The molecule has 0 aromatic carbocycles. The van der Waals surface area contributed by atoms with E-state index in [2.05, 4.69) is 20.2 Å². The fourth-order valence-electron chi connectivity index (χ4n) is 2.85. The highest BCUT2D eigenvalue weighted by Crippen LogP contribution is 2.39. The summed E-state index contributed by atoms with van der Waals surface area (Å²) < 4.78 is 0. The Bertz CT molecular complexity index is 365. The van der Waals surface area contributed by atoms with Gasteiger partial charge in [-0.25, -0.2) is 9.97 Å². The molecule has 15 heavy (non-hydrogen) atoms. The van der Waals surface area contributed by atoms with E-state index in [-0.39, 0.29) is 0 Å². The van der Waals surface area contributed by atoms with Gasteiger partial charge in [0.25, 0.3) is 0 Å². The largest absolute Gasteiger partial charge is 0.373 e. The molecule has 2 bridgehead atoms. The van der Waals surface area contributed by atoms with Gasteiger partial charge in [-0.2, -0.15) is 0 Å². The Hall–Kier alpha value is -1.32. The third-order valence-corrected chi connectivity index (χ3v) is 3.61. The van der Waals surface area contributed by atoms with Crippen LogP contribution in [0.1, 0.15) is 19.3 Å². The summed E-state index contributed by atoms with van der Waals surface area (Å²) in [5.74, 6) is 2.90. The molecular formula is C11H16N4. The first-order valence-electron chi connectivity index (χ1n) is 5.63. The van der Waals surface area contributed by atoms with Crippen molar-refractivity contribution in [2.45, 2.75) is 25.3 Å². The fourth-order valence-corrected chi connectivity index (χ4v) is 2.85. The molecule has 0 spiro atoms. The van der Waals surface area contributed by atoms with E-state index in [9.17, 15) is 0 Å². The Labute approximate surface area is 89.7 Å². The fraction of sp³-hybridized carbons (Fsp3) is 0.636. The highest BCUT2D eigenvalue weighted by atomic mass is 15.3. The molecule has 3 rings (SSSR count). The van der Waals surface area contributed by atoms with E-state index in [4.69, 9.17) is 0 Å². The first kappa shape index (κ1) is 8.95. The van der Waals surface area contributed by atoms with Crippen LogP contribution in [0.3, 0.4) is 0 Å². The molecule has 4 heteroatoms. The van der Waals surface area contributed by atoms with Crippen molar-refractivity contribution in [2.24, 2.45) is 5.92 Å². The van der Waals surface area contributed by atoms with Crippen LogP contribution in [0.25, 0.3) is 0 Å². The van der Waals surface area contributed by atoms with Crippen LogP contribution in [0.5, 0.6) is 0 Å². The maximum atomic E-state index is 4.36. The zero-order valence-corrected chi connectivity index (χ0v) is 8.98. The quantitative estimate of drug-likeness (QED) is 0.792. The topological polar surface area (TPSA) is 41.0 Å². The van der Waals surface area contributed by atoms with Gasteiger partial charge in [0.05, 0.1) is 0 Å². The first-order chi connectivity index (χ1) is 7.36. The normalized spacial score (nSPS) is 28.5. The minimum atomic E-state index is 0.731. The number of aromatic nitrogens is 2. The molecule has 1 saturated carbocycles. The number of piperidine rings is 1. The molecule has 2 unspecified atom stereocenters. The van der Waals surface area contributed by atoms with Crippen LogP contribution >= 0.6 is 0 Å². The van der Waals surface area contributed by atoms with Gasteiger partial charge in [-0.3, -0.25) is 0 Å². The van der Waals surface area contributed by atoms with Crippen molar-refractivity contribution < 1.29 is 0 Å². The summed E-state index contributed by atoms with van der Waals surface area (Å²) in [4.78, 5) is 10.9. The van der Waals surface area contributed by atoms with Gasteiger partial charge in [0.2, 0.25) is 0 Å². The minimum absolute atomic E-state index is 0.731. The smallest absolute Gasteiger partial charge is 0.134 e. The molecule has 1 aliphatic heterocycles. The predicted octanol–water partition coefficient (Wildman–Crippen LogP) is 1.51. The Balaban J connectivity index is 1.86. The van der Waals surface area contributed by atoms with Gasteiger partial charge in [-0.05, 0) is 25.2 Å². The number of hydrogen-bond acceptors (Lipinski definition) is 4. The highest BCUT2D eigenvalue weighted by molar-refractivity contribution is 5.50. The van der Waals surface area contributed by atoms with Gasteiger partial charge in [0.15, 0.2) is 0 Å². The third kappa shape index (κ3) is 1.44. The lowest BCUT2D eigenvalue weighted by Gasteiger charge is -2.27. The standard InChI is InChI=1S/C11H16N4/c1-12-10-5-11(14-7-13-10)15-6-8-2-3-9(15)4-8/h5,7-9H,2-4,6H2,1H3,(H,12,13,14). The van der Waals surface area contributed by atoms with Crippen molar-refractivity contribution in [3.63, 3.8) is 0 Å². The Morgan fingerprint density at radius 2 is 2.33 bits per heavy atom. The number of fused-ring (bicyclic) bond motifs is 2. The number of nitrogens with one attached hydrogen (secondary N) is 1. The zero-order valence-electron chi connectivity index (χ0n) is 8.98. The van der Waals surface area contributed by atoms with Crippen LogP contribution in [0.2, 0.25) is 0 Å². The zero-order chi connectivity index (χ0) is 10.3. The second-order valence-corrected chi connectivity index (χ2v) is 4.50. The highest BCUT2D eigenvalue weighted by Gasteiger charge is 2.38. The summed E-state index contributed by atoms with van der Waals surface area (Å²) in [6.07, 6.45) is 5.75. The molecule has 80 valence electrons. The van der Waals surface area contributed by atoms with Crippen LogP contribution in [0.15, 0.2) is 12.4 Å². The van der Waals surface area contributed by atoms with Gasteiger partial charge >= 0.3 is 0 Å². The Morgan fingerprint density at radius 1 is 1.40 bits per heavy atom. The maximum absolute atomic E-state index is 4.36. The molecule has 0 radical (unpaired) electrons. The number of rotatable bonds is 2. The van der Waals surface area contributed by atoms with E-state index in [1.807, 2.05) is 13.1 Å². The second kappa shape index (κ2) is 3.36. The Kier molecular flexibility index (Phi) is 2.01. The molecule has 2 heterocycles. The van der Waals surface area contributed by atoms with Crippen LogP contribution in [0, 0.1) is 5.92 Å². The maximum Gasteiger partial charge on any atom is 0.134 e. The summed E-state index contributed by atoms with van der Waals surface area (Å²) in [6, 6.07) is 2.77. The lowest BCUT2D eigenvalue weighted by atomic mass is 10.1. The van der Waals surface area contributed by atoms with Crippen molar-refractivity contribution in [2.75, 3.05) is 23.8 Å². The molecule has 0 amide bonds. The van der Waals surface area contributed by atoms with Crippen molar-refractivity contribution in [1.29, 1.82) is 0 Å². The van der Waals surface area contributed by atoms with Crippen LogP contribution in [0.4, 0.5) is 11.6 Å². The SMILES string of the molecule is CNc1cc(N2CC3CCC2C3)ncn1. The molecular weight excluding hydrogens is 188 g/mol. The summed E-state index contributed by atoms with van der Waals surface area (Å²) in [7, 11) is 1.89. The Morgan fingerprint density at radius 3 is 3.00 bits per heavy atom. The molecule has 2 aliphatic rings. The molecule has 1 aromatic rings. The molecule has 1 aromatic heterocycles. The third-order valence-electron chi connectivity index (χ3n) is 3.61. The number of nitrogens with zero attached hydrogens (tertiary/aromatic N) is 3. The average Bonchev–Trinajstić information content (AvgIpc) is 2.91. The lowest BCUT2D eigenvalue weighted by molar-refractivity contribution is 0.550. The molecule has 1 N–H and O–H groups in total. The molecule has 4 nitrogen and oxygen atoms in total. The molecule has 1 aliphatic carbocycles. The molecule has 1 saturated heterocycles. The number of hydrogen-bond donors (Lipinski definition) is 1. The first-order valence-corrected chi connectivity index (χ1v) is 5.63. The van der Waals surface area contributed by atoms with Crippen molar-refractivity contribution in [3.8, 4) is 0 Å². The van der Waals surface area contributed by atoms with Gasteiger partial charge < -0.3 is 10.2 Å². The summed E-state index contributed by atoms with van der Waals surface area (Å²) in [5, 5.41) is 3.06. The van der Waals surface area contributed by atoms with E-state index in [0.717, 1.165) is 23.6 Å². The van der Waals surface area contributed by atoms with E-state index in [0.29, 0.717) is 0 Å². The summed E-state index contributed by atoms with van der Waals surface area (Å²) in [6.45, 7) is 1.19. The minimum Gasteiger partial charge on any atom is -0.373 e. The lowest BCUT2D eigenvalue weighted by Crippen LogP contribution is -2.32. The molecule has 2 fully saturated rings. The van der Waals surface area contributed by atoms with Crippen molar-refractivity contribution in [1.82, 2.24) is 9.97 Å². The summed E-state index contributed by atoms with van der Waals surface area (Å²) in [5.41, 5.74) is 0.